The van der Waals surface area contributed by atoms with Crippen molar-refractivity contribution in [1.29, 1.82) is 0 Å². The van der Waals surface area contributed by atoms with E-state index in [1.807, 2.05) is 40.7 Å². The van der Waals surface area contributed by atoms with E-state index in [2.05, 4.69) is 29.4 Å². The van der Waals surface area contributed by atoms with E-state index in [-0.39, 0.29) is 60.8 Å². The molecule has 1 unspecified atom stereocenters. The summed E-state index contributed by atoms with van der Waals surface area (Å²) in [6, 6.07) is -1.71. The Morgan fingerprint density at radius 1 is 0.976 bits per heavy atom. The summed E-state index contributed by atoms with van der Waals surface area (Å²) in [4.78, 5) is 59.0. The number of hydrogen-bond acceptors (Lipinski definition) is 6. The summed E-state index contributed by atoms with van der Waals surface area (Å²) in [7, 11) is 1.73. The number of carbonyl (C=O) groups is 4. The Kier molecular flexibility index (Phi) is 12.8. The fraction of sp³-hybridized carbons (Fsp3) is 0.806. The van der Waals surface area contributed by atoms with Crippen LogP contribution >= 0.6 is 0 Å². The lowest BCUT2D eigenvalue weighted by Crippen LogP contribution is -2.60. The van der Waals surface area contributed by atoms with Crippen molar-refractivity contribution in [2.75, 3.05) is 33.3 Å². The first-order valence-electron chi connectivity index (χ1n) is 15.3. The second kappa shape index (κ2) is 15.1. The number of aliphatic hydroxyl groups excluding tert-OH is 1. The minimum Gasteiger partial charge on any atom is -0.395 e. The molecule has 0 aromatic carbocycles. The molecule has 0 aromatic rings. The van der Waals surface area contributed by atoms with Crippen molar-refractivity contribution in [2.24, 2.45) is 11.3 Å². The van der Waals surface area contributed by atoms with Crippen LogP contribution in [-0.2, 0) is 19.2 Å². The Labute approximate surface area is 247 Å². The third-order valence-electron chi connectivity index (χ3n) is 8.37. The van der Waals surface area contributed by atoms with Crippen LogP contribution in [0, 0.1) is 11.3 Å². The highest BCUT2D eigenvalue weighted by Gasteiger charge is 2.40. The molecule has 0 radical (unpaired) electrons. The molecule has 10 nitrogen and oxygen atoms in total. The smallest absolute Gasteiger partial charge is 0.249 e. The van der Waals surface area contributed by atoms with E-state index in [4.69, 9.17) is 5.11 Å². The Bertz CT molecular complexity index is 957. The Morgan fingerprint density at radius 2 is 1.61 bits per heavy atom. The summed E-state index contributed by atoms with van der Waals surface area (Å²) in [6.07, 6.45) is 5.95. The van der Waals surface area contributed by atoms with Gasteiger partial charge < -0.3 is 25.5 Å². The minimum absolute atomic E-state index is 0.0000229. The molecule has 2 rings (SSSR count). The normalized spacial score (nSPS) is 22.0. The van der Waals surface area contributed by atoms with E-state index in [1.54, 1.807) is 23.8 Å². The van der Waals surface area contributed by atoms with Crippen molar-refractivity contribution in [1.82, 2.24) is 25.3 Å². The first-order valence-corrected chi connectivity index (χ1v) is 15.3. The fourth-order valence-corrected chi connectivity index (χ4v) is 5.98. The lowest BCUT2D eigenvalue weighted by Gasteiger charge is -2.41. The van der Waals surface area contributed by atoms with Crippen LogP contribution in [-0.4, -0.2) is 107 Å². The van der Waals surface area contributed by atoms with Gasteiger partial charge in [0.1, 0.15) is 12.1 Å². The molecule has 4 amide bonds. The van der Waals surface area contributed by atoms with Crippen molar-refractivity contribution in [3.8, 4) is 0 Å². The largest absolute Gasteiger partial charge is 0.395 e. The van der Waals surface area contributed by atoms with E-state index < -0.39 is 17.5 Å². The molecule has 2 heterocycles. The topological polar surface area (TPSA) is 122 Å². The summed E-state index contributed by atoms with van der Waals surface area (Å²) in [5.74, 6) is -0.800. The number of nitrogens with zero attached hydrogens (tertiary/aromatic N) is 3. The lowest BCUT2D eigenvalue weighted by molar-refractivity contribution is -0.142. The van der Waals surface area contributed by atoms with Crippen molar-refractivity contribution in [2.45, 2.75) is 118 Å². The maximum Gasteiger partial charge on any atom is 0.249 e. The molecule has 0 spiro atoms. The maximum absolute atomic E-state index is 14.0. The van der Waals surface area contributed by atoms with Crippen LogP contribution in [0.25, 0.3) is 0 Å². The Balaban J connectivity index is 2.25. The standard InChI is InChI=1S/C31H55N5O5/c1-20(2)25(19-22(5)29(40)36-17-12-14-23(36)27(38)32-15-18-37)34(9)30(41)26(31(6,7)8)33-28(39)24-13-10-11-16-35(24)21(3)4/h19-21,23-26,37H,10-18H2,1-9H3,(H,32,38)(H,33,39)/b22-19+/t23-,24?,25+,26+/m0/s1. The van der Waals surface area contributed by atoms with Gasteiger partial charge in [-0.25, -0.2) is 0 Å². The molecule has 4 atom stereocenters. The van der Waals surface area contributed by atoms with Gasteiger partial charge in [-0.3, -0.25) is 24.1 Å². The summed E-state index contributed by atoms with van der Waals surface area (Å²) in [5.41, 5.74) is -0.0598. The van der Waals surface area contributed by atoms with Crippen molar-refractivity contribution in [3.63, 3.8) is 0 Å². The van der Waals surface area contributed by atoms with Gasteiger partial charge in [-0.15, -0.1) is 0 Å². The average molecular weight is 578 g/mol. The molecule has 2 saturated heterocycles. The highest BCUT2D eigenvalue weighted by atomic mass is 16.3. The van der Waals surface area contributed by atoms with Crippen molar-refractivity contribution >= 4 is 23.6 Å². The zero-order valence-electron chi connectivity index (χ0n) is 26.8. The first kappa shape index (κ1) is 34.7. The van der Waals surface area contributed by atoms with Crippen LogP contribution in [0.2, 0.25) is 0 Å². The Hall–Kier alpha value is -2.46. The molecule has 2 fully saturated rings. The first-order chi connectivity index (χ1) is 19.1. The third-order valence-corrected chi connectivity index (χ3v) is 8.37. The van der Waals surface area contributed by atoms with Gasteiger partial charge in [-0.1, -0.05) is 47.1 Å². The molecular weight excluding hydrogens is 522 g/mol. The highest BCUT2D eigenvalue weighted by molar-refractivity contribution is 5.97. The third kappa shape index (κ3) is 9.01. The van der Waals surface area contributed by atoms with Gasteiger partial charge >= 0.3 is 0 Å². The number of carbonyl (C=O) groups excluding carboxylic acids is 4. The second-order valence-electron chi connectivity index (χ2n) is 13.4. The maximum atomic E-state index is 14.0. The molecule has 3 N–H and O–H groups in total. The predicted octanol–water partition coefficient (Wildman–Crippen LogP) is 2.31. The monoisotopic (exact) mass is 577 g/mol. The van der Waals surface area contributed by atoms with E-state index >= 15 is 0 Å². The molecule has 0 aliphatic carbocycles. The number of amides is 4. The van der Waals surface area contributed by atoms with Gasteiger partial charge in [0.15, 0.2) is 0 Å². The quantitative estimate of drug-likeness (QED) is 0.324. The zero-order chi connectivity index (χ0) is 31.1. The number of likely N-dealkylation sites (N-methyl/N-ethyl adjacent to an activating group) is 1. The number of piperidine rings is 1. The average Bonchev–Trinajstić information content (AvgIpc) is 3.41. The number of rotatable bonds is 11. The molecule has 41 heavy (non-hydrogen) atoms. The molecular formula is C31H55N5O5. The molecule has 234 valence electrons. The van der Waals surface area contributed by atoms with E-state index in [9.17, 15) is 19.2 Å². The molecule has 0 bridgehead atoms. The zero-order valence-corrected chi connectivity index (χ0v) is 26.8. The number of hydrogen-bond donors (Lipinski definition) is 3. The molecule has 0 aromatic heterocycles. The van der Waals surface area contributed by atoms with Crippen LogP contribution in [0.15, 0.2) is 11.6 Å². The van der Waals surface area contributed by atoms with Crippen LogP contribution in [0.5, 0.6) is 0 Å². The van der Waals surface area contributed by atoms with Gasteiger partial charge in [-0.2, -0.15) is 0 Å². The fourth-order valence-electron chi connectivity index (χ4n) is 5.98. The Morgan fingerprint density at radius 3 is 2.17 bits per heavy atom. The summed E-state index contributed by atoms with van der Waals surface area (Å²) in [6.45, 7) is 17.1. The number of nitrogens with one attached hydrogen (secondary N) is 2. The second-order valence-corrected chi connectivity index (χ2v) is 13.4. The summed E-state index contributed by atoms with van der Waals surface area (Å²) >= 11 is 0. The number of aliphatic hydroxyl groups is 1. The lowest BCUT2D eigenvalue weighted by atomic mass is 9.84. The summed E-state index contributed by atoms with van der Waals surface area (Å²) in [5, 5.41) is 14.8. The highest BCUT2D eigenvalue weighted by Crippen LogP contribution is 2.26. The van der Waals surface area contributed by atoms with Crippen LogP contribution in [0.1, 0.15) is 87.5 Å². The molecule has 2 aliphatic rings. The molecule has 2 aliphatic heterocycles. The van der Waals surface area contributed by atoms with Crippen molar-refractivity contribution < 1.29 is 24.3 Å². The molecule has 0 saturated carbocycles. The van der Waals surface area contributed by atoms with Gasteiger partial charge in [0.2, 0.25) is 23.6 Å². The van der Waals surface area contributed by atoms with E-state index in [0.29, 0.717) is 18.5 Å². The van der Waals surface area contributed by atoms with Crippen LogP contribution < -0.4 is 10.6 Å². The van der Waals surface area contributed by atoms with Gasteiger partial charge in [0, 0.05) is 31.8 Å². The molecule has 10 heteroatoms. The van der Waals surface area contributed by atoms with E-state index in [1.165, 1.54) is 0 Å². The van der Waals surface area contributed by atoms with E-state index in [0.717, 1.165) is 32.2 Å². The van der Waals surface area contributed by atoms with Gasteiger partial charge in [0.25, 0.3) is 0 Å². The number of likely N-dealkylation sites (tertiary alicyclic amines) is 2. The predicted molar refractivity (Wildman–Crippen MR) is 161 cm³/mol. The van der Waals surface area contributed by atoms with Crippen molar-refractivity contribution in [3.05, 3.63) is 11.6 Å². The van der Waals surface area contributed by atoms with Gasteiger partial charge in [-0.05, 0) is 64.3 Å². The summed E-state index contributed by atoms with van der Waals surface area (Å²) < 4.78 is 0. The van der Waals surface area contributed by atoms with Crippen LogP contribution in [0.4, 0.5) is 0 Å². The SMILES string of the molecule is C/C(=C\[C@H](C(C)C)N(C)C(=O)[C@@H](NC(=O)C1CCCCN1C(C)C)C(C)(C)C)C(=O)N1CCC[C@H]1C(=O)NCCO. The van der Waals surface area contributed by atoms with Gasteiger partial charge in [0.05, 0.1) is 18.7 Å². The van der Waals surface area contributed by atoms with Crippen LogP contribution in [0.3, 0.4) is 0 Å². The minimum atomic E-state index is -0.736.